The minimum absolute atomic E-state index is 0.101. The fourth-order valence-corrected chi connectivity index (χ4v) is 5.17. The minimum atomic E-state index is -1.40. The summed E-state index contributed by atoms with van der Waals surface area (Å²) in [6, 6.07) is 18.4. The molecule has 4 aromatic rings. The molecule has 0 bridgehead atoms. The van der Waals surface area contributed by atoms with Gasteiger partial charge in [-0.25, -0.2) is 19.2 Å². The summed E-state index contributed by atoms with van der Waals surface area (Å²) in [7, 11) is 0. The lowest BCUT2D eigenvalue weighted by Gasteiger charge is -2.16. The summed E-state index contributed by atoms with van der Waals surface area (Å²) in [4.78, 5) is 47.8. The summed E-state index contributed by atoms with van der Waals surface area (Å²) < 4.78 is 0. The van der Waals surface area contributed by atoms with Crippen LogP contribution in [0, 0.1) is 0 Å². The Kier molecular flexibility index (Phi) is 9.64. The number of aryl methyl sites for hydroxylation is 6. The van der Waals surface area contributed by atoms with Gasteiger partial charge in [0.25, 0.3) is 0 Å². The SMILES string of the molecule is O=C(O)c1cc(CCc2ccc(O)cc2)c(CCc2cc(C(=O)O)c(C(=O)O)cc2CCc2ccc(O)cc2)cc1C(=O)O. The summed E-state index contributed by atoms with van der Waals surface area (Å²) in [5.41, 5.74) is 2.63. The molecule has 10 heteroatoms. The van der Waals surface area contributed by atoms with Gasteiger partial charge in [0.05, 0.1) is 22.3 Å². The first-order valence-corrected chi connectivity index (χ1v) is 13.7. The first-order valence-electron chi connectivity index (χ1n) is 13.7. The van der Waals surface area contributed by atoms with Crippen LogP contribution in [-0.4, -0.2) is 54.5 Å². The van der Waals surface area contributed by atoms with Gasteiger partial charge in [0.1, 0.15) is 11.5 Å². The molecule has 0 fully saturated rings. The Morgan fingerprint density at radius 2 is 0.614 bits per heavy atom. The number of rotatable bonds is 13. The van der Waals surface area contributed by atoms with Crippen LogP contribution in [0.25, 0.3) is 0 Å². The Labute approximate surface area is 252 Å². The van der Waals surface area contributed by atoms with E-state index in [1.165, 1.54) is 48.5 Å². The van der Waals surface area contributed by atoms with Crippen LogP contribution < -0.4 is 0 Å². The van der Waals surface area contributed by atoms with Gasteiger partial charge in [-0.3, -0.25) is 0 Å². The van der Waals surface area contributed by atoms with Gasteiger partial charge >= 0.3 is 23.9 Å². The lowest BCUT2D eigenvalue weighted by Crippen LogP contribution is -2.13. The van der Waals surface area contributed by atoms with Crippen molar-refractivity contribution in [3.63, 3.8) is 0 Å². The zero-order valence-electron chi connectivity index (χ0n) is 23.5. The first kappa shape index (κ1) is 31.3. The Balaban J connectivity index is 1.72. The number of carboxylic acid groups (broad SMARTS) is 4. The third kappa shape index (κ3) is 7.60. The molecule has 0 radical (unpaired) electrons. The molecule has 0 atom stereocenters. The fourth-order valence-electron chi connectivity index (χ4n) is 5.17. The van der Waals surface area contributed by atoms with E-state index in [1.54, 1.807) is 24.3 Å². The summed E-state index contributed by atoms with van der Waals surface area (Å²) in [6.45, 7) is 0. The molecule has 0 unspecified atom stereocenters. The quantitative estimate of drug-likeness (QED) is 0.119. The second kappa shape index (κ2) is 13.6. The van der Waals surface area contributed by atoms with E-state index in [9.17, 15) is 49.8 Å². The topological polar surface area (TPSA) is 190 Å². The summed E-state index contributed by atoms with van der Waals surface area (Å²) in [5.74, 6) is -5.36. The molecule has 0 aliphatic rings. The molecule has 0 heterocycles. The molecule has 0 aliphatic carbocycles. The van der Waals surface area contributed by atoms with Crippen molar-refractivity contribution in [1.82, 2.24) is 0 Å². The molecule has 4 rings (SSSR count). The second-order valence-corrected chi connectivity index (χ2v) is 10.4. The number of phenols is 2. The lowest BCUT2D eigenvalue weighted by atomic mass is 9.88. The molecule has 0 aromatic heterocycles. The van der Waals surface area contributed by atoms with Crippen molar-refractivity contribution in [3.8, 4) is 11.5 Å². The van der Waals surface area contributed by atoms with Gasteiger partial charge in [-0.15, -0.1) is 0 Å². The second-order valence-electron chi connectivity index (χ2n) is 10.4. The molecule has 0 spiro atoms. The summed E-state index contributed by atoms with van der Waals surface area (Å²) >= 11 is 0. The molecule has 0 aliphatic heterocycles. The number of carbonyl (C=O) groups is 4. The van der Waals surface area contributed by atoms with E-state index in [-0.39, 0.29) is 46.6 Å². The third-order valence-corrected chi connectivity index (χ3v) is 7.50. The van der Waals surface area contributed by atoms with Crippen molar-refractivity contribution in [2.75, 3.05) is 0 Å². The zero-order valence-corrected chi connectivity index (χ0v) is 23.5. The smallest absolute Gasteiger partial charge is 0.336 e. The first-order chi connectivity index (χ1) is 20.9. The summed E-state index contributed by atoms with van der Waals surface area (Å²) in [5, 5.41) is 58.1. The van der Waals surface area contributed by atoms with Crippen molar-refractivity contribution in [3.05, 3.63) is 128 Å². The van der Waals surface area contributed by atoms with E-state index in [0.29, 0.717) is 47.9 Å². The number of hydrogen-bond donors (Lipinski definition) is 6. The van der Waals surface area contributed by atoms with E-state index < -0.39 is 23.9 Å². The van der Waals surface area contributed by atoms with E-state index in [1.807, 2.05) is 0 Å². The molecule has 4 aromatic carbocycles. The van der Waals surface area contributed by atoms with Crippen molar-refractivity contribution >= 4 is 23.9 Å². The Hall–Kier alpha value is -5.64. The predicted octanol–water partition coefficient (Wildman–Crippen LogP) is 5.25. The average Bonchev–Trinajstić information content (AvgIpc) is 2.98. The van der Waals surface area contributed by atoms with Crippen LogP contribution in [0.5, 0.6) is 11.5 Å². The van der Waals surface area contributed by atoms with Gasteiger partial charge in [0, 0.05) is 0 Å². The van der Waals surface area contributed by atoms with Gasteiger partial charge < -0.3 is 30.6 Å². The maximum Gasteiger partial charge on any atom is 0.336 e. The Bertz CT molecular complexity index is 1590. The highest BCUT2D eigenvalue weighted by atomic mass is 16.4. The monoisotopic (exact) mass is 598 g/mol. The van der Waals surface area contributed by atoms with Crippen LogP contribution in [0.15, 0.2) is 72.8 Å². The van der Waals surface area contributed by atoms with E-state index in [2.05, 4.69) is 0 Å². The molecule has 44 heavy (non-hydrogen) atoms. The lowest BCUT2D eigenvalue weighted by molar-refractivity contribution is 0.0651. The van der Waals surface area contributed by atoms with Gasteiger partial charge in [0.2, 0.25) is 0 Å². The third-order valence-electron chi connectivity index (χ3n) is 7.50. The minimum Gasteiger partial charge on any atom is -0.508 e. The Morgan fingerprint density at radius 1 is 0.386 bits per heavy atom. The number of aromatic carboxylic acids is 4. The van der Waals surface area contributed by atoms with Crippen LogP contribution in [-0.2, 0) is 38.5 Å². The van der Waals surface area contributed by atoms with Crippen LogP contribution in [0.3, 0.4) is 0 Å². The van der Waals surface area contributed by atoms with Crippen LogP contribution >= 0.6 is 0 Å². The highest BCUT2D eigenvalue weighted by Crippen LogP contribution is 2.26. The standard InChI is InChI=1S/C34H30O10/c35-25-11-3-19(4-12-25)1-7-21-15-27(31(37)38)29(33(41)42)17-23(21)9-10-24-18-30(34(43)44)28(32(39)40)16-22(24)8-2-20-5-13-26(36)14-6-20/h3-6,11-18,35-36H,1-2,7-10H2,(H,37,38)(H,39,40)(H,41,42)(H,43,44). The van der Waals surface area contributed by atoms with Gasteiger partial charge in [0.15, 0.2) is 0 Å². The fraction of sp³-hybridized carbons (Fsp3) is 0.176. The van der Waals surface area contributed by atoms with Crippen LogP contribution in [0.2, 0.25) is 0 Å². The number of benzene rings is 4. The largest absolute Gasteiger partial charge is 0.508 e. The normalized spacial score (nSPS) is 10.8. The number of aromatic hydroxyl groups is 2. The van der Waals surface area contributed by atoms with E-state index in [4.69, 9.17) is 0 Å². The highest BCUT2D eigenvalue weighted by Gasteiger charge is 2.22. The van der Waals surface area contributed by atoms with E-state index in [0.717, 1.165) is 11.1 Å². The van der Waals surface area contributed by atoms with Crippen molar-refractivity contribution in [2.24, 2.45) is 0 Å². The number of phenolic OH excluding ortho intramolecular Hbond substituents is 2. The molecule has 0 saturated heterocycles. The molecule has 10 nitrogen and oxygen atoms in total. The van der Waals surface area contributed by atoms with Crippen LogP contribution in [0.4, 0.5) is 0 Å². The zero-order chi connectivity index (χ0) is 32.0. The number of carboxylic acids is 4. The van der Waals surface area contributed by atoms with E-state index >= 15 is 0 Å². The maximum atomic E-state index is 12.0. The molecule has 6 N–H and O–H groups in total. The van der Waals surface area contributed by atoms with Crippen LogP contribution in [0.1, 0.15) is 74.8 Å². The molecular formula is C34H30O10. The van der Waals surface area contributed by atoms with Crippen molar-refractivity contribution in [2.45, 2.75) is 38.5 Å². The van der Waals surface area contributed by atoms with Gasteiger partial charge in [-0.05, 0) is 120 Å². The van der Waals surface area contributed by atoms with Crippen molar-refractivity contribution < 1.29 is 49.8 Å². The maximum absolute atomic E-state index is 12.0. The van der Waals surface area contributed by atoms with Gasteiger partial charge in [-0.2, -0.15) is 0 Å². The van der Waals surface area contributed by atoms with Crippen molar-refractivity contribution in [1.29, 1.82) is 0 Å². The predicted molar refractivity (Wildman–Crippen MR) is 159 cm³/mol. The summed E-state index contributed by atoms with van der Waals surface area (Å²) in [6.07, 6.45) is 2.14. The molecule has 0 saturated carbocycles. The number of hydrogen-bond acceptors (Lipinski definition) is 6. The molecular weight excluding hydrogens is 568 g/mol. The highest BCUT2D eigenvalue weighted by molar-refractivity contribution is 6.02. The van der Waals surface area contributed by atoms with Gasteiger partial charge in [-0.1, -0.05) is 24.3 Å². The molecule has 0 amide bonds. The molecule has 226 valence electrons. The Morgan fingerprint density at radius 3 is 0.841 bits per heavy atom. The average molecular weight is 599 g/mol.